The number of rotatable bonds is 6. The fraction of sp³-hybridized carbons (Fsp3) is 0.455. The first-order valence-electron chi connectivity index (χ1n) is 5.04. The molecule has 0 saturated carbocycles. The van der Waals surface area contributed by atoms with Crippen molar-refractivity contribution in [2.45, 2.75) is 19.3 Å². The van der Waals surface area contributed by atoms with Crippen molar-refractivity contribution in [3.63, 3.8) is 0 Å². The minimum Gasteiger partial charge on any atom is -0.396 e. The second-order valence-corrected chi connectivity index (χ2v) is 4.63. The van der Waals surface area contributed by atoms with Gasteiger partial charge >= 0.3 is 0 Å². The second kappa shape index (κ2) is 7.09. The maximum Gasteiger partial charge on any atom is 0.0485 e. The summed E-state index contributed by atoms with van der Waals surface area (Å²) in [7, 11) is 0. The molecule has 1 aromatic rings. The Labute approximate surface area is 104 Å². The van der Waals surface area contributed by atoms with Crippen LogP contribution in [-0.2, 0) is 0 Å². The van der Waals surface area contributed by atoms with Crippen LogP contribution in [0.15, 0.2) is 22.7 Å². The normalized spacial score (nSPS) is 10.3. The molecule has 0 aliphatic rings. The first-order chi connectivity index (χ1) is 7.24. The molecule has 0 saturated heterocycles. The average molecular weight is 293 g/mol. The van der Waals surface area contributed by atoms with E-state index in [1.54, 1.807) is 0 Å². The number of aliphatic hydroxyl groups is 1. The number of benzene rings is 1. The Morgan fingerprint density at radius 2 is 2.07 bits per heavy atom. The topological polar surface area (TPSA) is 32.3 Å². The fourth-order valence-electron chi connectivity index (χ4n) is 1.27. The molecule has 0 radical (unpaired) electrons. The van der Waals surface area contributed by atoms with Gasteiger partial charge in [-0.3, -0.25) is 0 Å². The molecule has 0 bridgehead atoms. The third-order valence-corrected chi connectivity index (χ3v) is 2.97. The molecule has 15 heavy (non-hydrogen) atoms. The number of halogens is 2. The van der Waals surface area contributed by atoms with Gasteiger partial charge in [0.15, 0.2) is 0 Å². The van der Waals surface area contributed by atoms with Gasteiger partial charge in [0.2, 0.25) is 0 Å². The van der Waals surface area contributed by atoms with Gasteiger partial charge in [-0.25, -0.2) is 0 Å². The van der Waals surface area contributed by atoms with E-state index < -0.39 is 0 Å². The molecule has 84 valence electrons. The van der Waals surface area contributed by atoms with E-state index in [0.29, 0.717) is 0 Å². The number of unbranched alkanes of at least 4 members (excludes halogenated alkanes) is 2. The lowest BCUT2D eigenvalue weighted by atomic mass is 10.2. The predicted molar refractivity (Wildman–Crippen MR) is 68.6 cm³/mol. The molecule has 0 aliphatic heterocycles. The molecule has 2 N–H and O–H groups in total. The molecular weight excluding hydrogens is 277 g/mol. The van der Waals surface area contributed by atoms with Crippen molar-refractivity contribution in [2.24, 2.45) is 0 Å². The maximum atomic E-state index is 8.61. The second-order valence-electron chi connectivity index (χ2n) is 3.34. The summed E-state index contributed by atoms with van der Waals surface area (Å²) in [6.07, 6.45) is 2.99. The molecule has 0 unspecified atom stereocenters. The third kappa shape index (κ3) is 4.87. The SMILES string of the molecule is OCCCCCNc1ccc(Cl)cc1Br. The van der Waals surface area contributed by atoms with Crippen molar-refractivity contribution in [2.75, 3.05) is 18.5 Å². The van der Waals surface area contributed by atoms with E-state index in [9.17, 15) is 0 Å². The number of anilines is 1. The van der Waals surface area contributed by atoms with Gasteiger partial charge in [0.05, 0.1) is 0 Å². The van der Waals surface area contributed by atoms with Crippen molar-refractivity contribution in [3.8, 4) is 0 Å². The zero-order chi connectivity index (χ0) is 11.1. The molecule has 0 aromatic heterocycles. The third-order valence-electron chi connectivity index (χ3n) is 2.08. The lowest BCUT2D eigenvalue weighted by Gasteiger charge is -2.08. The minimum absolute atomic E-state index is 0.282. The first kappa shape index (κ1) is 12.8. The van der Waals surface area contributed by atoms with E-state index in [0.717, 1.165) is 41.0 Å². The lowest BCUT2D eigenvalue weighted by molar-refractivity contribution is 0.283. The Morgan fingerprint density at radius 1 is 1.27 bits per heavy atom. The number of aliphatic hydroxyl groups excluding tert-OH is 1. The van der Waals surface area contributed by atoms with Crippen molar-refractivity contribution >= 4 is 33.2 Å². The molecule has 1 rings (SSSR count). The first-order valence-corrected chi connectivity index (χ1v) is 6.21. The summed E-state index contributed by atoms with van der Waals surface area (Å²) >= 11 is 9.28. The molecule has 0 atom stereocenters. The zero-order valence-corrected chi connectivity index (χ0v) is 10.8. The fourth-order valence-corrected chi connectivity index (χ4v) is 2.09. The van der Waals surface area contributed by atoms with Crippen LogP contribution < -0.4 is 5.32 Å². The number of hydrogen-bond donors (Lipinski definition) is 2. The number of nitrogens with one attached hydrogen (secondary N) is 1. The summed E-state index contributed by atoms with van der Waals surface area (Å²) in [6.45, 7) is 1.20. The van der Waals surface area contributed by atoms with E-state index in [2.05, 4.69) is 21.2 Å². The quantitative estimate of drug-likeness (QED) is 0.784. The van der Waals surface area contributed by atoms with Gasteiger partial charge in [-0.05, 0) is 53.4 Å². The maximum absolute atomic E-state index is 8.61. The zero-order valence-electron chi connectivity index (χ0n) is 8.47. The summed E-state index contributed by atoms with van der Waals surface area (Å²) in [5, 5.41) is 12.7. The Kier molecular flexibility index (Phi) is 6.06. The van der Waals surface area contributed by atoms with Gasteiger partial charge in [-0.1, -0.05) is 11.6 Å². The van der Waals surface area contributed by atoms with Crippen LogP contribution in [0.1, 0.15) is 19.3 Å². The predicted octanol–water partition coefficient (Wildman–Crippen LogP) is 3.68. The highest BCUT2D eigenvalue weighted by Crippen LogP contribution is 2.25. The van der Waals surface area contributed by atoms with E-state index in [-0.39, 0.29) is 6.61 Å². The smallest absolute Gasteiger partial charge is 0.0485 e. The van der Waals surface area contributed by atoms with Gasteiger partial charge in [-0.15, -0.1) is 0 Å². The highest BCUT2D eigenvalue weighted by Gasteiger charge is 1.99. The van der Waals surface area contributed by atoms with Crippen molar-refractivity contribution in [1.82, 2.24) is 0 Å². The van der Waals surface area contributed by atoms with Crippen molar-refractivity contribution in [3.05, 3.63) is 27.7 Å². The van der Waals surface area contributed by atoms with E-state index in [1.165, 1.54) is 0 Å². The van der Waals surface area contributed by atoms with Gasteiger partial charge < -0.3 is 10.4 Å². The molecule has 0 amide bonds. The molecule has 0 aliphatic carbocycles. The van der Waals surface area contributed by atoms with Crippen LogP contribution in [0.4, 0.5) is 5.69 Å². The molecule has 1 aromatic carbocycles. The Bertz CT molecular complexity index is 307. The van der Waals surface area contributed by atoms with Crippen LogP contribution in [0.2, 0.25) is 5.02 Å². The van der Waals surface area contributed by atoms with Crippen LogP contribution >= 0.6 is 27.5 Å². The van der Waals surface area contributed by atoms with E-state index >= 15 is 0 Å². The molecule has 0 fully saturated rings. The minimum atomic E-state index is 0.282. The molecule has 2 nitrogen and oxygen atoms in total. The largest absolute Gasteiger partial charge is 0.396 e. The Morgan fingerprint density at radius 3 is 2.73 bits per heavy atom. The van der Waals surface area contributed by atoms with Crippen LogP contribution in [0.5, 0.6) is 0 Å². The molecule has 4 heteroatoms. The van der Waals surface area contributed by atoms with E-state index in [4.69, 9.17) is 16.7 Å². The summed E-state index contributed by atoms with van der Waals surface area (Å²) in [6, 6.07) is 5.69. The molecule has 0 spiro atoms. The van der Waals surface area contributed by atoms with E-state index in [1.807, 2.05) is 18.2 Å². The van der Waals surface area contributed by atoms with Crippen molar-refractivity contribution in [1.29, 1.82) is 0 Å². The average Bonchev–Trinajstić information content (AvgIpc) is 2.20. The van der Waals surface area contributed by atoms with Gasteiger partial charge in [0.25, 0.3) is 0 Å². The van der Waals surface area contributed by atoms with Crippen LogP contribution in [-0.4, -0.2) is 18.3 Å². The van der Waals surface area contributed by atoms with Crippen LogP contribution in [0.25, 0.3) is 0 Å². The lowest BCUT2D eigenvalue weighted by Crippen LogP contribution is -2.02. The van der Waals surface area contributed by atoms with Crippen LogP contribution in [0.3, 0.4) is 0 Å². The monoisotopic (exact) mass is 291 g/mol. The number of hydrogen-bond acceptors (Lipinski definition) is 2. The highest BCUT2D eigenvalue weighted by atomic mass is 79.9. The summed E-state index contributed by atoms with van der Waals surface area (Å²) in [4.78, 5) is 0. The standard InChI is InChI=1S/C11H15BrClNO/c12-10-8-9(13)4-5-11(10)14-6-2-1-3-7-15/h4-5,8,14-15H,1-3,6-7H2. The Hall–Kier alpha value is -0.250. The summed E-state index contributed by atoms with van der Waals surface area (Å²) in [5.41, 5.74) is 1.06. The summed E-state index contributed by atoms with van der Waals surface area (Å²) < 4.78 is 0.983. The molecule has 0 heterocycles. The van der Waals surface area contributed by atoms with Crippen LogP contribution in [0, 0.1) is 0 Å². The van der Waals surface area contributed by atoms with Crippen molar-refractivity contribution < 1.29 is 5.11 Å². The van der Waals surface area contributed by atoms with Gasteiger partial charge in [0.1, 0.15) is 0 Å². The highest BCUT2D eigenvalue weighted by molar-refractivity contribution is 9.10. The summed E-state index contributed by atoms with van der Waals surface area (Å²) in [5.74, 6) is 0. The Balaban J connectivity index is 2.31. The van der Waals surface area contributed by atoms with Gasteiger partial charge in [0, 0.05) is 28.3 Å². The molecular formula is C11H15BrClNO. The van der Waals surface area contributed by atoms with Gasteiger partial charge in [-0.2, -0.15) is 0 Å².